The highest BCUT2D eigenvalue weighted by atomic mass is 35.5. The molecular formula is C16H23Cl2NO2S. The molecule has 1 aromatic carbocycles. The predicted molar refractivity (Wildman–Crippen MR) is 92.6 cm³/mol. The molecule has 0 saturated heterocycles. The minimum atomic E-state index is -3.43. The van der Waals surface area contributed by atoms with Crippen LogP contribution in [0.15, 0.2) is 23.1 Å². The first kappa shape index (κ1) is 18.1. The predicted octanol–water partition coefficient (Wildman–Crippen LogP) is 4.42. The van der Waals surface area contributed by atoms with Crippen molar-refractivity contribution < 1.29 is 8.42 Å². The number of benzene rings is 1. The van der Waals surface area contributed by atoms with Crippen LogP contribution >= 0.6 is 23.2 Å². The summed E-state index contributed by atoms with van der Waals surface area (Å²) >= 11 is 11.9. The summed E-state index contributed by atoms with van der Waals surface area (Å²) in [7, 11) is -3.43. The lowest BCUT2D eigenvalue weighted by molar-refractivity contribution is 0.165. The molecule has 0 aromatic heterocycles. The summed E-state index contributed by atoms with van der Waals surface area (Å²) in [5.74, 6) is 0.0712. The van der Waals surface area contributed by atoms with Gasteiger partial charge >= 0.3 is 0 Å². The third kappa shape index (κ3) is 4.38. The molecule has 0 amide bonds. The van der Waals surface area contributed by atoms with E-state index in [2.05, 4.69) is 18.7 Å². The van der Waals surface area contributed by atoms with Crippen LogP contribution in [0.5, 0.6) is 0 Å². The first-order valence-electron chi connectivity index (χ1n) is 7.75. The number of hydrogen-bond donors (Lipinski definition) is 0. The molecule has 0 atom stereocenters. The van der Waals surface area contributed by atoms with Gasteiger partial charge in [0, 0.05) is 23.7 Å². The lowest BCUT2D eigenvalue weighted by atomic mass is 10.1. The number of sulfone groups is 1. The molecule has 0 unspecified atom stereocenters. The first-order chi connectivity index (χ1) is 10.3. The van der Waals surface area contributed by atoms with Gasteiger partial charge in [0.05, 0.1) is 15.7 Å². The highest BCUT2D eigenvalue weighted by Gasteiger charge is 2.27. The lowest BCUT2D eigenvalue weighted by Crippen LogP contribution is -2.41. The quantitative estimate of drug-likeness (QED) is 0.750. The maximum Gasteiger partial charge on any atom is 0.181 e. The van der Waals surface area contributed by atoms with Crippen molar-refractivity contribution in [1.82, 2.24) is 4.90 Å². The van der Waals surface area contributed by atoms with Crippen LogP contribution in [-0.2, 0) is 9.84 Å². The summed E-state index contributed by atoms with van der Waals surface area (Å²) in [5, 5.41) is 0.626. The molecule has 22 heavy (non-hydrogen) atoms. The largest absolute Gasteiger partial charge is 0.297 e. The maximum atomic E-state index is 12.6. The van der Waals surface area contributed by atoms with E-state index < -0.39 is 9.84 Å². The van der Waals surface area contributed by atoms with E-state index in [1.165, 1.54) is 25.0 Å². The van der Waals surface area contributed by atoms with Crippen LogP contribution in [0.25, 0.3) is 0 Å². The topological polar surface area (TPSA) is 37.4 Å². The average Bonchev–Trinajstić information content (AvgIpc) is 2.95. The van der Waals surface area contributed by atoms with Gasteiger partial charge in [0.15, 0.2) is 9.84 Å². The third-order valence-corrected chi connectivity index (χ3v) is 6.71. The molecule has 0 heterocycles. The van der Waals surface area contributed by atoms with E-state index in [-0.39, 0.29) is 15.7 Å². The Morgan fingerprint density at radius 1 is 1.23 bits per heavy atom. The van der Waals surface area contributed by atoms with Gasteiger partial charge in [-0.25, -0.2) is 8.42 Å². The molecule has 1 aromatic rings. The molecule has 1 aliphatic rings. The second-order valence-electron chi connectivity index (χ2n) is 6.16. The Balaban J connectivity index is 2.12. The fraction of sp³-hybridized carbons (Fsp3) is 0.625. The van der Waals surface area contributed by atoms with Crippen LogP contribution < -0.4 is 0 Å². The van der Waals surface area contributed by atoms with Crippen LogP contribution in [0.3, 0.4) is 0 Å². The zero-order valence-electron chi connectivity index (χ0n) is 13.1. The SMILES string of the molecule is CC(C)N(CCS(=O)(=O)c1cc(Cl)ccc1Cl)C1CCCC1. The Labute approximate surface area is 143 Å². The molecule has 0 aliphatic heterocycles. The number of nitrogens with zero attached hydrogens (tertiary/aromatic N) is 1. The molecule has 0 N–H and O–H groups in total. The second kappa shape index (κ2) is 7.52. The third-order valence-electron chi connectivity index (χ3n) is 4.30. The minimum Gasteiger partial charge on any atom is -0.297 e. The van der Waals surface area contributed by atoms with Crippen molar-refractivity contribution >= 4 is 33.0 Å². The van der Waals surface area contributed by atoms with E-state index in [1.807, 2.05) is 0 Å². The zero-order chi connectivity index (χ0) is 16.3. The molecule has 6 heteroatoms. The number of halogens is 2. The van der Waals surface area contributed by atoms with Gasteiger partial charge in [-0.2, -0.15) is 0 Å². The van der Waals surface area contributed by atoms with Gasteiger partial charge in [0.1, 0.15) is 0 Å². The number of hydrogen-bond acceptors (Lipinski definition) is 3. The van der Waals surface area contributed by atoms with Crippen LogP contribution in [-0.4, -0.2) is 37.7 Å². The smallest absolute Gasteiger partial charge is 0.181 e. The zero-order valence-corrected chi connectivity index (χ0v) is 15.4. The standard InChI is InChI=1S/C16H23Cl2NO2S/c1-12(2)19(14-5-3-4-6-14)9-10-22(20,21)16-11-13(17)7-8-15(16)18/h7-8,11-12,14H,3-6,9-10H2,1-2H3. The molecule has 1 aliphatic carbocycles. The Hall–Kier alpha value is -0.290. The van der Waals surface area contributed by atoms with Crippen molar-refractivity contribution in [2.45, 2.75) is 56.5 Å². The van der Waals surface area contributed by atoms with Gasteiger partial charge < -0.3 is 0 Å². The van der Waals surface area contributed by atoms with Crippen molar-refractivity contribution in [2.75, 3.05) is 12.3 Å². The fourth-order valence-corrected chi connectivity index (χ4v) is 5.20. The van der Waals surface area contributed by atoms with Crippen molar-refractivity contribution in [3.63, 3.8) is 0 Å². The number of rotatable bonds is 6. The van der Waals surface area contributed by atoms with Gasteiger partial charge in [-0.3, -0.25) is 4.90 Å². The van der Waals surface area contributed by atoms with E-state index in [0.29, 0.717) is 23.7 Å². The van der Waals surface area contributed by atoms with Crippen LogP contribution in [0.4, 0.5) is 0 Å². The summed E-state index contributed by atoms with van der Waals surface area (Å²) in [6.07, 6.45) is 4.80. The van der Waals surface area contributed by atoms with Crippen molar-refractivity contribution in [3.05, 3.63) is 28.2 Å². The maximum absolute atomic E-state index is 12.6. The summed E-state index contributed by atoms with van der Waals surface area (Å²) in [6, 6.07) is 5.42. The highest BCUT2D eigenvalue weighted by Crippen LogP contribution is 2.28. The van der Waals surface area contributed by atoms with Gasteiger partial charge in [-0.15, -0.1) is 0 Å². The van der Waals surface area contributed by atoms with E-state index in [4.69, 9.17) is 23.2 Å². The monoisotopic (exact) mass is 363 g/mol. The molecule has 2 rings (SSSR count). The Bertz CT molecular complexity index is 611. The molecule has 0 bridgehead atoms. The molecule has 0 spiro atoms. The molecule has 1 fully saturated rings. The Kier molecular flexibility index (Phi) is 6.17. The van der Waals surface area contributed by atoms with Gasteiger partial charge in [-0.1, -0.05) is 36.0 Å². The summed E-state index contributed by atoms with van der Waals surface area (Å²) < 4.78 is 25.2. The summed E-state index contributed by atoms with van der Waals surface area (Å²) in [4.78, 5) is 2.44. The summed E-state index contributed by atoms with van der Waals surface area (Å²) in [6.45, 7) is 4.78. The second-order valence-corrected chi connectivity index (χ2v) is 9.08. The lowest BCUT2D eigenvalue weighted by Gasteiger charge is -2.32. The molecule has 124 valence electrons. The van der Waals surface area contributed by atoms with Crippen LogP contribution in [0.1, 0.15) is 39.5 Å². The van der Waals surface area contributed by atoms with Crippen molar-refractivity contribution in [2.24, 2.45) is 0 Å². The molecule has 1 saturated carbocycles. The summed E-state index contributed by atoms with van der Waals surface area (Å²) in [5.41, 5.74) is 0. The van der Waals surface area contributed by atoms with E-state index in [0.717, 1.165) is 12.8 Å². The normalized spacial score (nSPS) is 16.8. The molecular weight excluding hydrogens is 341 g/mol. The average molecular weight is 364 g/mol. The highest BCUT2D eigenvalue weighted by molar-refractivity contribution is 7.91. The van der Waals surface area contributed by atoms with Crippen molar-refractivity contribution in [3.8, 4) is 0 Å². The first-order valence-corrected chi connectivity index (χ1v) is 10.2. The van der Waals surface area contributed by atoms with Gasteiger partial charge in [-0.05, 0) is 44.9 Å². The van der Waals surface area contributed by atoms with E-state index in [9.17, 15) is 8.42 Å². The molecule has 3 nitrogen and oxygen atoms in total. The van der Waals surface area contributed by atoms with Gasteiger partial charge in [0.2, 0.25) is 0 Å². The fourth-order valence-electron chi connectivity index (χ4n) is 3.15. The van der Waals surface area contributed by atoms with E-state index in [1.54, 1.807) is 6.07 Å². The van der Waals surface area contributed by atoms with Crippen LogP contribution in [0, 0.1) is 0 Å². The molecule has 0 radical (unpaired) electrons. The minimum absolute atomic E-state index is 0.0712. The van der Waals surface area contributed by atoms with Crippen molar-refractivity contribution in [1.29, 1.82) is 0 Å². The Morgan fingerprint density at radius 3 is 2.45 bits per heavy atom. The Morgan fingerprint density at radius 2 is 1.86 bits per heavy atom. The van der Waals surface area contributed by atoms with E-state index >= 15 is 0 Å². The van der Waals surface area contributed by atoms with Gasteiger partial charge in [0.25, 0.3) is 0 Å². The van der Waals surface area contributed by atoms with Crippen LogP contribution in [0.2, 0.25) is 10.0 Å².